The lowest BCUT2D eigenvalue weighted by molar-refractivity contribution is -0.131. The van der Waals surface area contributed by atoms with Crippen LogP contribution in [0, 0.1) is 0 Å². The number of hydrogen-bond acceptors (Lipinski definition) is 3. The van der Waals surface area contributed by atoms with Crippen LogP contribution in [0.15, 0.2) is 30.3 Å². The first-order chi connectivity index (χ1) is 11.1. The van der Waals surface area contributed by atoms with E-state index in [2.05, 4.69) is 4.90 Å². The molecule has 3 atom stereocenters. The molecule has 1 aromatic rings. The molecule has 0 spiro atoms. The van der Waals surface area contributed by atoms with Crippen LogP contribution in [0.25, 0.3) is 0 Å². The predicted octanol–water partition coefficient (Wildman–Crippen LogP) is 1.69. The molecule has 2 saturated heterocycles. The van der Waals surface area contributed by atoms with E-state index in [-0.39, 0.29) is 23.9 Å². The Bertz CT molecular complexity index is 575. The van der Waals surface area contributed by atoms with Gasteiger partial charge in [-0.2, -0.15) is 0 Å². The summed E-state index contributed by atoms with van der Waals surface area (Å²) in [6, 6.07) is 9.77. The number of likely N-dealkylation sites (tertiary alicyclic amines) is 2. The SMILES string of the molecule is CC(=O)N1CCC[C@@H]1[C@H]1CCCN1[C@H](C(N)=O)c1ccccc1. The van der Waals surface area contributed by atoms with E-state index in [0.29, 0.717) is 0 Å². The normalized spacial score (nSPS) is 26.4. The number of nitrogens with two attached hydrogens (primary N) is 1. The minimum absolute atomic E-state index is 0.134. The number of nitrogens with zero attached hydrogens (tertiary/aromatic N) is 2. The first kappa shape index (κ1) is 16.0. The topological polar surface area (TPSA) is 66.6 Å². The highest BCUT2D eigenvalue weighted by atomic mass is 16.2. The molecule has 5 nitrogen and oxygen atoms in total. The Kier molecular flexibility index (Phi) is 4.66. The van der Waals surface area contributed by atoms with Gasteiger partial charge in [0.2, 0.25) is 11.8 Å². The average Bonchev–Trinajstić information content (AvgIpc) is 3.16. The highest BCUT2D eigenvalue weighted by molar-refractivity contribution is 5.81. The molecule has 3 rings (SSSR count). The van der Waals surface area contributed by atoms with Gasteiger partial charge in [-0.25, -0.2) is 0 Å². The van der Waals surface area contributed by atoms with Gasteiger partial charge >= 0.3 is 0 Å². The van der Waals surface area contributed by atoms with Crippen molar-refractivity contribution >= 4 is 11.8 Å². The molecule has 2 aliphatic heterocycles. The van der Waals surface area contributed by atoms with Gasteiger partial charge in [0, 0.05) is 25.6 Å². The molecule has 2 aliphatic rings. The molecule has 0 aliphatic carbocycles. The zero-order valence-corrected chi connectivity index (χ0v) is 13.6. The largest absolute Gasteiger partial charge is 0.368 e. The van der Waals surface area contributed by atoms with Crippen molar-refractivity contribution in [2.45, 2.75) is 50.7 Å². The van der Waals surface area contributed by atoms with Gasteiger partial charge in [0.25, 0.3) is 0 Å². The summed E-state index contributed by atoms with van der Waals surface area (Å²) in [6.45, 7) is 3.33. The summed E-state index contributed by atoms with van der Waals surface area (Å²) in [4.78, 5) is 28.3. The maximum Gasteiger partial charge on any atom is 0.239 e. The van der Waals surface area contributed by atoms with Crippen LogP contribution >= 0.6 is 0 Å². The van der Waals surface area contributed by atoms with Gasteiger partial charge in [0.1, 0.15) is 6.04 Å². The number of primary amides is 1. The van der Waals surface area contributed by atoms with Crippen LogP contribution in [0.2, 0.25) is 0 Å². The fraction of sp³-hybridized carbons (Fsp3) is 0.556. The molecule has 0 saturated carbocycles. The van der Waals surface area contributed by atoms with Crippen LogP contribution in [0.1, 0.15) is 44.2 Å². The fourth-order valence-electron chi connectivity index (χ4n) is 4.29. The number of benzene rings is 1. The second-order valence-corrected chi connectivity index (χ2v) is 6.58. The Morgan fingerprint density at radius 2 is 1.74 bits per heavy atom. The van der Waals surface area contributed by atoms with Crippen LogP contribution in [-0.2, 0) is 9.59 Å². The third kappa shape index (κ3) is 3.11. The molecule has 2 fully saturated rings. The first-order valence-electron chi connectivity index (χ1n) is 8.47. The number of carbonyl (C=O) groups is 2. The van der Waals surface area contributed by atoms with Crippen LogP contribution in [-0.4, -0.2) is 46.8 Å². The molecule has 2 amide bonds. The van der Waals surface area contributed by atoms with Crippen molar-refractivity contribution in [3.63, 3.8) is 0 Å². The van der Waals surface area contributed by atoms with E-state index in [0.717, 1.165) is 44.3 Å². The molecule has 124 valence electrons. The van der Waals surface area contributed by atoms with Crippen LogP contribution < -0.4 is 5.73 Å². The summed E-state index contributed by atoms with van der Waals surface area (Å²) in [5.41, 5.74) is 6.69. The van der Waals surface area contributed by atoms with Crippen molar-refractivity contribution in [1.29, 1.82) is 0 Å². The smallest absolute Gasteiger partial charge is 0.239 e. The summed E-state index contributed by atoms with van der Waals surface area (Å²) in [5, 5.41) is 0. The van der Waals surface area contributed by atoms with Crippen molar-refractivity contribution in [3.8, 4) is 0 Å². The molecule has 2 N–H and O–H groups in total. The molecule has 23 heavy (non-hydrogen) atoms. The predicted molar refractivity (Wildman–Crippen MR) is 88.5 cm³/mol. The van der Waals surface area contributed by atoms with Crippen molar-refractivity contribution in [2.75, 3.05) is 13.1 Å². The third-order valence-electron chi connectivity index (χ3n) is 5.21. The van der Waals surface area contributed by atoms with Gasteiger partial charge in [-0.1, -0.05) is 30.3 Å². The minimum Gasteiger partial charge on any atom is -0.368 e. The Balaban J connectivity index is 1.87. The third-order valence-corrected chi connectivity index (χ3v) is 5.21. The lowest BCUT2D eigenvalue weighted by atomic mass is 9.98. The first-order valence-corrected chi connectivity index (χ1v) is 8.47. The number of rotatable bonds is 4. The lowest BCUT2D eigenvalue weighted by Crippen LogP contribution is -2.50. The van der Waals surface area contributed by atoms with Gasteiger partial charge in [-0.3, -0.25) is 14.5 Å². The van der Waals surface area contributed by atoms with E-state index < -0.39 is 6.04 Å². The molecular weight excluding hydrogens is 290 g/mol. The minimum atomic E-state index is -0.405. The molecule has 1 aromatic carbocycles. The van der Waals surface area contributed by atoms with E-state index in [1.54, 1.807) is 6.92 Å². The van der Waals surface area contributed by atoms with Gasteiger partial charge in [0.15, 0.2) is 0 Å². The number of hydrogen-bond donors (Lipinski definition) is 1. The lowest BCUT2D eigenvalue weighted by Gasteiger charge is -2.38. The monoisotopic (exact) mass is 315 g/mol. The van der Waals surface area contributed by atoms with Crippen molar-refractivity contribution in [2.24, 2.45) is 5.73 Å². The highest BCUT2D eigenvalue weighted by Crippen LogP contribution is 2.35. The molecule has 5 heteroatoms. The number of amides is 2. The van der Waals surface area contributed by atoms with Gasteiger partial charge < -0.3 is 10.6 Å². The Labute approximate surface area is 137 Å². The molecule has 0 unspecified atom stereocenters. The molecular formula is C18H25N3O2. The molecule has 2 heterocycles. The van der Waals surface area contributed by atoms with E-state index >= 15 is 0 Å². The summed E-state index contributed by atoms with van der Waals surface area (Å²) >= 11 is 0. The summed E-state index contributed by atoms with van der Waals surface area (Å²) in [5.74, 6) is -0.176. The summed E-state index contributed by atoms with van der Waals surface area (Å²) in [7, 11) is 0. The fourth-order valence-corrected chi connectivity index (χ4v) is 4.29. The quantitative estimate of drug-likeness (QED) is 0.919. The van der Waals surface area contributed by atoms with Crippen LogP contribution in [0.3, 0.4) is 0 Å². The van der Waals surface area contributed by atoms with Gasteiger partial charge in [-0.15, -0.1) is 0 Å². The molecule has 0 bridgehead atoms. The van der Waals surface area contributed by atoms with Gasteiger partial charge in [-0.05, 0) is 37.8 Å². The zero-order chi connectivity index (χ0) is 16.4. The number of carbonyl (C=O) groups excluding carboxylic acids is 2. The van der Waals surface area contributed by atoms with Crippen molar-refractivity contribution < 1.29 is 9.59 Å². The summed E-state index contributed by atoms with van der Waals surface area (Å²) < 4.78 is 0. The van der Waals surface area contributed by atoms with Crippen molar-refractivity contribution in [3.05, 3.63) is 35.9 Å². The van der Waals surface area contributed by atoms with E-state index in [1.165, 1.54) is 0 Å². The van der Waals surface area contributed by atoms with Crippen LogP contribution in [0.5, 0.6) is 0 Å². The zero-order valence-electron chi connectivity index (χ0n) is 13.6. The van der Waals surface area contributed by atoms with E-state index in [1.807, 2.05) is 35.2 Å². The second kappa shape index (κ2) is 6.71. The van der Waals surface area contributed by atoms with E-state index in [9.17, 15) is 9.59 Å². The van der Waals surface area contributed by atoms with Crippen LogP contribution in [0.4, 0.5) is 0 Å². The van der Waals surface area contributed by atoms with Crippen molar-refractivity contribution in [1.82, 2.24) is 9.80 Å². The highest BCUT2D eigenvalue weighted by Gasteiger charge is 2.42. The maximum absolute atomic E-state index is 12.2. The Morgan fingerprint density at radius 1 is 1.09 bits per heavy atom. The molecule has 0 aromatic heterocycles. The molecule has 0 radical (unpaired) electrons. The summed E-state index contributed by atoms with van der Waals surface area (Å²) in [6.07, 6.45) is 4.12. The van der Waals surface area contributed by atoms with Gasteiger partial charge in [0.05, 0.1) is 0 Å². The standard InChI is InChI=1S/C18H25N3O2/c1-13(22)20-11-5-9-15(20)16-10-6-12-21(16)17(18(19)23)14-7-3-2-4-8-14/h2-4,7-8,15-17H,5-6,9-12H2,1H3,(H2,19,23)/t15-,16-,17+/m1/s1. The Hall–Kier alpha value is -1.88. The Morgan fingerprint density at radius 3 is 2.39 bits per heavy atom. The average molecular weight is 315 g/mol. The van der Waals surface area contributed by atoms with E-state index in [4.69, 9.17) is 5.73 Å². The second-order valence-electron chi connectivity index (χ2n) is 6.58. The maximum atomic E-state index is 12.2.